The fraction of sp³-hybridized carbons (Fsp3) is 0.235. The average Bonchev–Trinajstić information content (AvgIpc) is 2.93. The largest absolute Gasteiger partial charge is 0.323 e. The molecule has 1 aromatic heterocycles. The van der Waals surface area contributed by atoms with Crippen molar-refractivity contribution in [3.63, 3.8) is 0 Å². The lowest BCUT2D eigenvalue weighted by atomic mass is 10.1. The van der Waals surface area contributed by atoms with Crippen LogP contribution < -0.4 is 10.4 Å². The van der Waals surface area contributed by atoms with E-state index in [-0.39, 0.29) is 23.2 Å². The normalized spacial score (nSPS) is 13.4. The van der Waals surface area contributed by atoms with E-state index in [1.165, 1.54) is 12.1 Å². The summed E-state index contributed by atoms with van der Waals surface area (Å²) in [5.74, 6) is 0. The van der Waals surface area contributed by atoms with Gasteiger partial charge in [0.1, 0.15) is 0 Å². The number of imidazole rings is 1. The number of likely N-dealkylation sites (N-methyl/N-ethyl adjacent to an activating group) is 1. The molecule has 0 saturated heterocycles. The monoisotopic (exact) mass is 394 g/mol. The Balaban J connectivity index is 1.84. The minimum absolute atomic E-state index is 0.0869. The standard InChI is InChI=1S/C17H19ClN4O3S/c1-22(2)16(11-4-3-5-12(18)8-11)10-19-26(24,25)13-6-7-14-15(9-13)21-17(23)20-14/h3-9,16,19H,10H2,1-2H3,(H2,20,21,23). The van der Waals surface area contributed by atoms with Gasteiger partial charge in [-0.3, -0.25) is 0 Å². The predicted octanol–water partition coefficient (Wildman–Crippen LogP) is 2.09. The number of aromatic nitrogens is 2. The van der Waals surface area contributed by atoms with Crippen molar-refractivity contribution >= 4 is 32.7 Å². The molecular formula is C17H19ClN4O3S. The highest BCUT2D eigenvalue weighted by Crippen LogP contribution is 2.22. The highest BCUT2D eigenvalue weighted by molar-refractivity contribution is 7.89. The molecule has 0 aliphatic carbocycles. The number of aromatic amines is 2. The van der Waals surface area contributed by atoms with Gasteiger partial charge in [-0.2, -0.15) is 0 Å². The molecule has 3 N–H and O–H groups in total. The Bertz CT molecular complexity index is 1090. The van der Waals surface area contributed by atoms with Gasteiger partial charge in [0, 0.05) is 17.6 Å². The van der Waals surface area contributed by atoms with Crippen LogP contribution in [-0.2, 0) is 10.0 Å². The van der Waals surface area contributed by atoms with Gasteiger partial charge in [-0.15, -0.1) is 0 Å². The lowest BCUT2D eigenvalue weighted by molar-refractivity contribution is 0.299. The molecule has 0 fully saturated rings. The highest BCUT2D eigenvalue weighted by atomic mass is 35.5. The van der Waals surface area contributed by atoms with Gasteiger partial charge < -0.3 is 14.9 Å². The maximum Gasteiger partial charge on any atom is 0.323 e. The Kier molecular flexibility index (Phi) is 5.19. The van der Waals surface area contributed by atoms with Crippen molar-refractivity contribution in [3.8, 4) is 0 Å². The molecule has 9 heteroatoms. The minimum Gasteiger partial charge on any atom is -0.306 e. The zero-order valence-electron chi connectivity index (χ0n) is 14.3. The van der Waals surface area contributed by atoms with Crippen molar-refractivity contribution in [2.75, 3.05) is 20.6 Å². The molecule has 0 bridgehead atoms. The summed E-state index contributed by atoms with van der Waals surface area (Å²) in [6, 6.07) is 11.6. The van der Waals surface area contributed by atoms with Crippen LogP contribution in [0.4, 0.5) is 0 Å². The third kappa shape index (κ3) is 3.99. The van der Waals surface area contributed by atoms with E-state index in [0.29, 0.717) is 16.1 Å². The van der Waals surface area contributed by atoms with Crippen LogP contribution in [0.15, 0.2) is 52.2 Å². The number of nitrogens with one attached hydrogen (secondary N) is 3. The van der Waals surface area contributed by atoms with E-state index in [1.807, 2.05) is 37.2 Å². The number of H-pyrrole nitrogens is 2. The van der Waals surface area contributed by atoms with E-state index in [2.05, 4.69) is 14.7 Å². The number of halogens is 1. The Morgan fingerprint density at radius 3 is 2.54 bits per heavy atom. The Labute approximate surface area is 156 Å². The molecule has 7 nitrogen and oxygen atoms in total. The average molecular weight is 395 g/mol. The van der Waals surface area contributed by atoms with Crippen LogP contribution in [0.5, 0.6) is 0 Å². The van der Waals surface area contributed by atoms with Gasteiger partial charge in [0.15, 0.2) is 0 Å². The minimum atomic E-state index is -3.73. The molecule has 3 aromatic rings. The van der Waals surface area contributed by atoms with Crippen LogP contribution in [-0.4, -0.2) is 43.9 Å². The smallest absolute Gasteiger partial charge is 0.306 e. The Hall–Kier alpha value is -2.13. The third-order valence-corrected chi connectivity index (χ3v) is 5.78. The molecule has 3 rings (SSSR count). The number of rotatable bonds is 6. The van der Waals surface area contributed by atoms with Crippen LogP contribution in [0.2, 0.25) is 5.02 Å². The molecular weight excluding hydrogens is 376 g/mol. The zero-order chi connectivity index (χ0) is 18.9. The number of benzene rings is 2. The summed E-state index contributed by atoms with van der Waals surface area (Å²) >= 11 is 6.05. The van der Waals surface area contributed by atoms with Gasteiger partial charge in [0.25, 0.3) is 0 Å². The van der Waals surface area contributed by atoms with Crippen LogP contribution >= 0.6 is 11.6 Å². The molecule has 0 saturated carbocycles. The second-order valence-electron chi connectivity index (χ2n) is 6.17. The highest BCUT2D eigenvalue weighted by Gasteiger charge is 2.20. The maximum absolute atomic E-state index is 12.7. The van der Waals surface area contributed by atoms with E-state index < -0.39 is 10.0 Å². The van der Waals surface area contributed by atoms with Gasteiger partial charge in [0.2, 0.25) is 10.0 Å². The first-order chi connectivity index (χ1) is 12.3. The molecule has 0 spiro atoms. The number of fused-ring (bicyclic) bond motifs is 1. The number of hydrogen-bond donors (Lipinski definition) is 3. The Morgan fingerprint density at radius 1 is 1.12 bits per heavy atom. The first-order valence-corrected chi connectivity index (χ1v) is 9.76. The van der Waals surface area contributed by atoms with Crippen LogP contribution in [0, 0.1) is 0 Å². The quantitative estimate of drug-likeness (QED) is 0.596. The fourth-order valence-electron chi connectivity index (χ4n) is 2.76. The van der Waals surface area contributed by atoms with Crippen molar-refractivity contribution in [1.29, 1.82) is 0 Å². The summed E-state index contributed by atoms with van der Waals surface area (Å²) in [5.41, 5.74) is 1.53. The molecule has 1 atom stereocenters. The summed E-state index contributed by atoms with van der Waals surface area (Å²) in [4.78, 5) is 18.5. The molecule has 2 aromatic carbocycles. The number of nitrogens with zero attached hydrogens (tertiary/aromatic N) is 1. The van der Waals surface area contributed by atoms with Crippen LogP contribution in [0.3, 0.4) is 0 Å². The molecule has 0 aliphatic rings. The topological polar surface area (TPSA) is 98.1 Å². The van der Waals surface area contributed by atoms with E-state index in [9.17, 15) is 13.2 Å². The molecule has 1 heterocycles. The van der Waals surface area contributed by atoms with E-state index >= 15 is 0 Å². The lowest BCUT2D eigenvalue weighted by Crippen LogP contribution is -2.34. The van der Waals surface area contributed by atoms with Gasteiger partial charge in [-0.05, 0) is 50.0 Å². The van der Waals surface area contributed by atoms with Crippen molar-refractivity contribution < 1.29 is 8.42 Å². The number of sulfonamides is 1. The third-order valence-electron chi connectivity index (χ3n) is 4.12. The maximum atomic E-state index is 12.7. The number of hydrogen-bond acceptors (Lipinski definition) is 4. The summed E-state index contributed by atoms with van der Waals surface area (Å²) in [5, 5.41) is 0.596. The zero-order valence-corrected chi connectivity index (χ0v) is 15.9. The summed E-state index contributed by atoms with van der Waals surface area (Å²) in [7, 11) is 0.00822. The summed E-state index contributed by atoms with van der Waals surface area (Å²) in [6.45, 7) is 0.178. The molecule has 0 radical (unpaired) electrons. The Morgan fingerprint density at radius 2 is 1.85 bits per heavy atom. The second kappa shape index (κ2) is 7.24. The first-order valence-electron chi connectivity index (χ1n) is 7.90. The van der Waals surface area contributed by atoms with Crippen LogP contribution in [0.1, 0.15) is 11.6 Å². The van der Waals surface area contributed by atoms with Crippen molar-refractivity contribution in [1.82, 2.24) is 19.6 Å². The molecule has 26 heavy (non-hydrogen) atoms. The fourth-order valence-corrected chi connectivity index (χ4v) is 4.03. The summed E-state index contributed by atoms with van der Waals surface area (Å²) < 4.78 is 27.9. The SMILES string of the molecule is CN(C)C(CNS(=O)(=O)c1ccc2[nH]c(=O)[nH]c2c1)c1cccc(Cl)c1. The van der Waals surface area contributed by atoms with Gasteiger partial charge in [0.05, 0.1) is 15.9 Å². The van der Waals surface area contributed by atoms with Gasteiger partial charge in [-0.25, -0.2) is 17.9 Å². The van der Waals surface area contributed by atoms with Crippen molar-refractivity contribution in [2.24, 2.45) is 0 Å². The van der Waals surface area contributed by atoms with E-state index in [4.69, 9.17) is 11.6 Å². The van der Waals surface area contributed by atoms with E-state index in [0.717, 1.165) is 5.56 Å². The molecule has 138 valence electrons. The van der Waals surface area contributed by atoms with Crippen LogP contribution in [0.25, 0.3) is 11.0 Å². The van der Waals surface area contributed by atoms with Gasteiger partial charge >= 0.3 is 5.69 Å². The lowest BCUT2D eigenvalue weighted by Gasteiger charge is -2.25. The first kappa shape index (κ1) is 18.7. The molecule has 0 amide bonds. The predicted molar refractivity (Wildman–Crippen MR) is 102 cm³/mol. The molecule has 0 aliphatic heterocycles. The summed E-state index contributed by atoms with van der Waals surface area (Å²) in [6.07, 6.45) is 0. The van der Waals surface area contributed by atoms with E-state index in [1.54, 1.807) is 12.1 Å². The van der Waals surface area contributed by atoms with Crippen molar-refractivity contribution in [3.05, 3.63) is 63.5 Å². The second-order valence-corrected chi connectivity index (χ2v) is 8.38. The molecule has 1 unspecified atom stereocenters. The van der Waals surface area contributed by atoms with Gasteiger partial charge in [-0.1, -0.05) is 23.7 Å². The van der Waals surface area contributed by atoms with Crippen molar-refractivity contribution in [2.45, 2.75) is 10.9 Å².